The molecule has 0 saturated carbocycles. The van der Waals surface area contributed by atoms with Crippen LogP contribution in [0.3, 0.4) is 0 Å². The van der Waals surface area contributed by atoms with E-state index in [1.165, 1.54) is 44.5 Å². The second-order valence-electron chi connectivity index (χ2n) is 5.28. The number of likely N-dealkylation sites (tertiary alicyclic amines) is 1. The zero-order chi connectivity index (χ0) is 12.8. The molecule has 2 rings (SSSR count). The van der Waals surface area contributed by atoms with E-state index in [0.29, 0.717) is 0 Å². The van der Waals surface area contributed by atoms with Gasteiger partial charge in [0.05, 0.1) is 0 Å². The van der Waals surface area contributed by atoms with Crippen LogP contribution in [0.15, 0.2) is 12.1 Å². The molecule has 1 aliphatic heterocycles. The van der Waals surface area contributed by atoms with Crippen molar-refractivity contribution in [2.75, 3.05) is 26.2 Å². The van der Waals surface area contributed by atoms with Crippen molar-refractivity contribution in [3.8, 4) is 0 Å². The molecule has 3 nitrogen and oxygen atoms in total. The summed E-state index contributed by atoms with van der Waals surface area (Å²) >= 11 is 0. The zero-order valence-electron chi connectivity index (χ0n) is 11.7. The molecule has 0 aliphatic carbocycles. The highest BCUT2D eigenvalue weighted by atomic mass is 15.1. The molecule has 1 saturated heterocycles. The van der Waals surface area contributed by atoms with Gasteiger partial charge in [0.2, 0.25) is 0 Å². The summed E-state index contributed by atoms with van der Waals surface area (Å²) in [5, 5.41) is 3.52. The maximum absolute atomic E-state index is 4.49. The summed E-state index contributed by atoms with van der Waals surface area (Å²) in [6.45, 7) is 10.0. The van der Waals surface area contributed by atoms with Crippen LogP contribution in [0.2, 0.25) is 0 Å². The van der Waals surface area contributed by atoms with Crippen LogP contribution >= 0.6 is 0 Å². The van der Waals surface area contributed by atoms with Crippen molar-refractivity contribution in [2.45, 2.75) is 39.7 Å². The van der Waals surface area contributed by atoms with Crippen molar-refractivity contribution >= 4 is 0 Å². The second kappa shape index (κ2) is 6.86. The maximum atomic E-state index is 4.49. The van der Waals surface area contributed by atoms with Gasteiger partial charge in [0.1, 0.15) is 0 Å². The molecule has 100 valence electrons. The third kappa shape index (κ3) is 4.07. The molecule has 0 unspecified atom stereocenters. The highest BCUT2D eigenvalue weighted by molar-refractivity contribution is 5.21. The van der Waals surface area contributed by atoms with Crippen LogP contribution in [-0.4, -0.2) is 36.1 Å². The van der Waals surface area contributed by atoms with Gasteiger partial charge >= 0.3 is 0 Å². The molecule has 0 spiro atoms. The van der Waals surface area contributed by atoms with Gasteiger partial charge in [0.25, 0.3) is 0 Å². The molecule has 2 heterocycles. The molecular formula is C15H25N3. The summed E-state index contributed by atoms with van der Waals surface area (Å²) in [6, 6.07) is 4.28. The van der Waals surface area contributed by atoms with E-state index in [2.05, 4.69) is 34.3 Å². The first-order chi connectivity index (χ1) is 8.75. The number of rotatable bonds is 6. The third-order valence-corrected chi connectivity index (χ3v) is 3.68. The van der Waals surface area contributed by atoms with Crippen LogP contribution in [0.4, 0.5) is 0 Å². The fourth-order valence-electron chi connectivity index (χ4n) is 2.56. The molecule has 0 atom stereocenters. The predicted octanol–water partition coefficient (Wildman–Crippen LogP) is 2.27. The van der Waals surface area contributed by atoms with Crippen molar-refractivity contribution in [1.29, 1.82) is 0 Å². The first kappa shape index (κ1) is 13.5. The Bertz CT molecular complexity index is 370. The number of nitrogens with one attached hydrogen (secondary N) is 1. The lowest BCUT2D eigenvalue weighted by molar-refractivity contribution is 0.331. The molecule has 1 aromatic heterocycles. The van der Waals surface area contributed by atoms with Crippen LogP contribution in [0.5, 0.6) is 0 Å². The molecule has 0 bridgehead atoms. The molecule has 0 amide bonds. The smallest absolute Gasteiger partial charge is 0.0420 e. The summed E-state index contributed by atoms with van der Waals surface area (Å²) in [5.41, 5.74) is 3.58. The first-order valence-electron chi connectivity index (χ1n) is 7.12. The van der Waals surface area contributed by atoms with E-state index in [1.54, 1.807) is 0 Å². The number of nitrogens with zero attached hydrogens (tertiary/aromatic N) is 2. The fraction of sp³-hybridized carbons (Fsp3) is 0.667. The van der Waals surface area contributed by atoms with Gasteiger partial charge < -0.3 is 10.2 Å². The molecule has 1 aromatic rings. The van der Waals surface area contributed by atoms with Crippen LogP contribution in [0.1, 0.15) is 36.2 Å². The van der Waals surface area contributed by atoms with Crippen molar-refractivity contribution < 1.29 is 0 Å². The van der Waals surface area contributed by atoms with Crippen LogP contribution in [-0.2, 0) is 6.54 Å². The second-order valence-corrected chi connectivity index (χ2v) is 5.28. The number of hydrogen-bond donors (Lipinski definition) is 1. The fourth-order valence-corrected chi connectivity index (χ4v) is 2.56. The van der Waals surface area contributed by atoms with E-state index in [-0.39, 0.29) is 0 Å². The summed E-state index contributed by atoms with van der Waals surface area (Å²) in [7, 11) is 0. The van der Waals surface area contributed by atoms with Gasteiger partial charge in [-0.3, -0.25) is 4.98 Å². The lowest BCUT2D eigenvalue weighted by Gasteiger charge is -2.14. The lowest BCUT2D eigenvalue weighted by Crippen LogP contribution is -2.24. The third-order valence-electron chi connectivity index (χ3n) is 3.68. The number of hydrogen-bond acceptors (Lipinski definition) is 3. The number of pyridine rings is 1. The van der Waals surface area contributed by atoms with Gasteiger partial charge in [-0.15, -0.1) is 0 Å². The molecule has 3 heteroatoms. The maximum Gasteiger partial charge on any atom is 0.0420 e. The number of aromatic nitrogens is 1. The highest BCUT2D eigenvalue weighted by Crippen LogP contribution is 2.08. The summed E-state index contributed by atoms with van der Waals surface area (Å²) in [5.74, 6) is 0. The number of aryl methyl sites for hydroxylation is 2. The first-order valence-corrected chi connectivity index (χ1v) is 7.12. The molecule has 1 fully saturated rings. The molecule has 1 aliphatic rings. The van der Waals surface area contributed by atoms with Gasteiger partial charge in [-0.1, -0.05) is 6.07 Å². The predicted molar refractivity (Wildman–Crippen MR) is 75.7 cm³/mol. The minimum absolute atomic E-state index is 0.944. The van der Waals surface area contributed by atoms with Gasteiger partial charge in [0, 0.05) is 17.9 Å². The van der Waals surface area contributed by atoms with E-state index in [1.807, 2.05) is 6.92 Å². The van der Waals surface area contributed by atoms with Gasteiger partial charge in [-0.25, -0.2) is 0 Å². The standard InChI is InChI=1S/C15H25N3/c1-13-6-7-15(14(2)17-13)12-16-8-5-11-18-9-3-4-10-18/h6-7,16H,3-5,8-12H2,1-2H3. The topological polar surface area (TPSA) is 28.2 Å². The van der Waals surface area contributed by atoms with E-state index < -0.39 is 0 Å². The minimum Gasteiger partial charge on any atom is -0.313 e. The molecule has 18 heavy (non-hydrogen) atoms. The van der Waals surface area contributed by atoms with Gasteiger partial charge in [-0.05, 0) is 70.9 Å². The Balaban J connectivity index is 1.62. The summed E-state index contributed by atoms with van der Waals surface area (Å²) in [6.07, 6.45) is 4.03. The Morgan fingerprint density at radius 2 is 2.00 bits per heavy atom. The lowest BCUT2D eigenvalue weighted by atomic mass is 10.2. The van der Waals surface area contributed by atoms with Gasteiger partial charge in [-0.2, -0.15) is 0 Å². The van der Waals surface area contributed by atoms with E-state index in [9.17, 15) is 0 Å². The Morgan fingerprint density at radius 3 is 2.72 bits per heavy atom. The van der Waals surface area contributed by atoms with Crippen LogP contribution in [0, 0.1) is 13.8 Å². The monoisotopic (exact) mass is 247 g/mol. The van der Waals surface area contributed by atoms with E-state index >= 15 is 0 Å². The molecule has 1 N–H and O–H groups in total. The molecular weight excluding hydrogens is 222 g/mol. The largest absolute Gasteiger partial charge is 0.313 e. The van der Waals surface area contributed by atoms with E-state index in [0.717, 1.165) is 24.5 Å². The minimum atomic E-state index is 0.944. The van der Waals surface area contributed by atoms with Gasteiger partial charge in [0.15, 0.2) is 0 Å². The summed E-state index contributed by atoms with van der Waals surface area (Å²) < 4.78 is 0. The van der Waals surface area contributed by atoms with Crippen LogP contribution < -0.4 is 5.32 Å². The van der Waals surface area contributed by atoms with Crippen molar-refractivity contribution in [3.63, 3.8) is 0 Å². The van der Waals surface area contributed by atoms with Crippen molar-refractivity contribution in [1.82, 2.24) is 15.2 Å². The zero-order valence-corrected chi connectivity index (χ0v) is 11.7. The normalized spacial score (nSPS) is 16.3. The van der Waals surface area contributed by atoms with E-state index in [4.69, 9.17) is 0 Å². The SMILES string of the molecule is Cc1ccc(CNCCCN2CCCC2)c(C)n1. The Labute approximate surface area is 111 Å². The molecule has 0 radical (unpaired) electrons. The highest BCUT2D eigenvalue weighted by Gasteiger charge is 2.09. The Hall–Kier alpha value is -0.930. The quantitative estimate of drug-likeness (QED) is 0.782. The average molecular weight is 247 g/mol. The van der Waals surface area contributed by atoms with Crippen molar-refractivity contribution in [2.24, 2.45) is 0 Å². The summed E-state index contributed by atoms with van der Waals surface area (Å²) in [4.78, 5) is 7.06. The Morgan fingerprint density at radius 1 is 1.22 bits per heavy atom. The molecule has 0 aromatic carbocycles. The van der Waals surface area contributed by atoms with Crippen LogP contribution in [0.25, 0.3) is 0 Å². The van der Waals surface area contributed by atoms with Crippen molar-refractivity contribution in [3.05, 3.63) is 29.1 Å². The Kier molecular flexibility index (Phi) is 5.14. The average Bonchev–Trinajstić information content (AvgIpc) is 2.84.